The molecule has 1 aromatic rings. The summed E-state index contributed by atoms with van der Waals surface area (Å²) >= 11 is 0. The molecule has 0 saturated heterocycles. The van der Waals surface area contributed by atoms with Crippen LogP contribution in [0.1, 0.15) is 57.8 Å². The second kappa shape index (κ2) is 5.74. The van der Waals surface area contributed by atoms with Crippen LogP contribution >= 0.6 is 0 Å². The van der Waals surface area contributed by atoms with Crippen molar-refractivity contribution in [1.82, 2.24) is 0 Å². The predicted molar refractivity (Wildman–Crippen MR) is 76.5 cm³/mol. The van der Waals surface area contributed by atoms with Gasteiger partial charge in [-0.1, -0.05) is 46.8 Å². The van der Waals surface area contributed by atoms with E-state index in [9.17, 15) is 9.90 Å². The van der Waals surface area contributed by atoms with Gasteiger partial charge in [-0.2, -0.15) is 0 Å². The number of aliphatic hydroxyl groups is 1. The first-order chi connectivity index (χ1) is 8.68. The number of ketones is 1. The summed E-state index contributed by atoms with van der Waals surface area (Å²) in [5.41, 5.74) is 1.07. The minimum atomic E-state index is -1.14. The first-order valence-corrected chi connectivity index (χ1v) is 6.58. The van der Waals surface area contributed by atoms with Gasteiger partial charge in [0.1, 0.15) is 11.9 Å². The smallest absolute Gasteiger partial charge is 0.171 e. The van der Waals surface area contributed by atoms with Crippen LogP contribution in [-0.4, -0.2) is 18.0 Å². The number of carbonyl (C=O) groups is 1. The van der Waals surface area contributed by atoms with Crippen LogP contribution in [0.15, 0.2) is 18.2 Å². The fourth-order valence-electron chi connectivity index (χ4n) is 1.86. The van der Waals surface area contributed by atoms with Gasteiger partial charge in [0.05, 0.1) is 7.11 Å². The van der Waals surface area contributed by atoms with Gasteiger partial charge in [0.15, 0.2) is 5.78 Å². The first kappa shape index (κ1) is 15.7. The van der Waals surface area contributed by atoms with E-state index in [1.54, 1.807) is 33.9 Å². The van der Waals surface area contributed by atoms with E-state index in [0.29, 0.717) is 17.2 Å². The van der Waals surface area contributed by atoms with E-state index >= 15 is 0 Å². The van der Waals surface area contributed by atoms with Crippen LogP contribution in [0, 0.1) is 5.41 Å². The van der Waals surface area contributed by atoms with Gasteiger partial charge in [-0.15, -0.1) is 0 Å². The van der Waals surface area contributed by atoms with E-state index in [1.807, 2.05) is 12.1 Å². The van der Waals surface area contributed by atoms with Crippen molar-refractivity contribution in [3.63, 3.8) is 0 Å². The van der Waals surface area contributed by atoms with E-state index in [-0.39, 0.29) is 5.78 Å². The summed E-state index contributed by atoms with van der Waals surface area (Å²) in [5, 5.41) is 10.2. The molecule has 1 rings (SSSR count). The van der Waals surface area contributed by atoms with Gasteiger partial charge in [-0.05, 0) is 17.5 Å². The van der Waals surface area contributed by atoms with Gasteiger partial charge in [-0.25, -0.2) is 0 Å². The highest BCUT2D eigenvalue weighted by atomic mass is 16.5. The quantitative estimate of drug-likeness (QED) is 0.905. The molecule has 3 heteroatoms. The Morgan fingerprint density at radius 3 is 2.26 bits per heavy atom. The summed E-state index contributed by atoms with van der Waals surface area (Å²) in [6.07, 6.45) is -1.14. The highest BCUT2D eigenvalue weighted by molar-refractivity contribution is 5.89. The molecule has 0 heterocycles. The minimum Gasteiger partial charge on any atom is -0.496 e. The van der Waals surface area contributed by atoms with E-state index in [2.05, 4.69) is 13.8 Å². The number of carbonyl (C=O) groups excluding carboxylic acids is 1. The normalized spacial score (nSPS) is 13.5. The van der Waals surface area contributed by atoms with E-state index in [0.717, 1.165) is 5.56 Å². The number of Topliss-reactive ketones (excluding diaryl/α,β-unsaturated/α-hetero) is 1. The highest BCUT2D eigenvalue weighted by Gasteiger charge is 2.31. The van der Waals surface area contributed by atoms with E-state index < -0.39 is 11.5 Å². The van der Waals surface area contributed by atoms with Crippen LogP contribution in [0.3, 0.4) is 0 Å². The Hall–Kier alpha value is -1.35. The number of hydrogen-bond acceptors (Lipinski definition) is 3. The number of ether oxygens (including phenoxy) is 1. The van der Waals surface area contributed by atoms with Gasteiger partial charge in [-0.3, -0.25) is 4.79 Å². The molecule has 0 aliphatic rings. The fraction of sp³-hybridized carbons (Fsp3) is 0.562. The fourth-order valence-corrected chi connectivity index (χ4v) is 1.86. The van der Waals surface area contributed by atoms with Crippen molar-refractivity contribution in [2.75, 3.05) is 7.11 Å². The number of hydrogen-bond donors (Lipinski definition) is 1. The Labute approximate surface area is 115 Å². The summed E-state index contributed by atoms with van der Waals surface area (Å²) in [5.74, 6) is 0.734. The van der Waals surface area contributed by atoms with Crippen molar-refractivity contribution in [3.8, 4) is 5.75 Å². The van der Waals surface area contributed by atoms with Gasteiger partial charge in [0.2, 0.25) is 0 Å². The Balaban J connectivity index is 3.17. The lowest BCUT2D eigenvalue weighted by Crippen LogP contribution is -2.27. The molecule has 1 aromatic carbocycles. The third-order valence-electron chi connectivity index (χ3n) is 3.21. The Morgan fingerprint density at radius 2 is 1.84 bits per heavy atom. The zero-order valence-electron chi connectivity index (χ0n) is 12.7. The SMILES string of the molecule is COc1cc(C(C)C)ccc1C(O)C(=O)C(C)(C)C. The standard InChI is InChI=1S/C16H24O3/c1-10(2)11-7-8-12(13(9-11)19-6)14(17)15(18)16(3,4)5/h7-10,14,17H,1-6H3. The molecule has 0 amide bonds. The molecule has 1 atom stereocenters. The molecule has 1 N–H and O–H groups in total. The van der Waals surface area contributed by atoms with Gasteiger partial charge >= 0.3 is 0 Å². The second-order valence-electron chi connectivity index (χ2n) is 6.17. The summed E-state index contributed by atoms with van der Waals surface area (Å²) in [6, 6.07) is 5.60. The molecule has 0 bridgehead atoms. The molecule has 0 aliphatic heterocycles. The summed E-state index contributed by atoms with van der Waals surface area (Å²) in [6.45, 7) is 9.57. The number of methoxy groups -OCH3 is 1. The number of aliphatic hydroxyl groups excluding tert-OH is 1. The Morgan fingerprint density at radius 1 is 1.26 bits per heavy atom. The maximum atomic E-state index is 12.1. The predicted octanol–water partition coefficient (Wildman–Crippen LogP) is 3.47. The molecule has 1 unspecified atom stereocenters. The lowest BCUT2D eigenvalue weighted by Gasteiger charge is -2.23. The van der Waals surface area contributed by atoms with Crippen molar-refractivity contribution in [2.24, 2.45) is 5.41 Å². The molecule has 0 fully saturated rings. The van der Waals surface area contributed by atoms with Crippen LogP contribution in [-0.2, 0) is 4.79 Å². The van der Waals surface area contributed by atoms with Crippen LogP contribution in [0.2, 0.25) is 0 Å². The molecule has 0 saturated carbocycles. The van der Waals surface area contributed by atoms with Crippen LogP contribution < -0.4 is 4.74 Å². The van der Waals surface area contributed by atoms with Crippen LogP contribution in [0.5, 0.6) is 5.75 Å². The Kier molecular flexibility index (Phi) is 4.75. The molecular weight excluding hydrogens is 240 g/mol. The lowest BCUT2D eigenvalue weighted by molar-refractivity contribution is -0.135. The summed E-state index contributed by atoms with van der Waals surface area (Å²) in [7, 11) is 1.55. The van der Waals surface area contributed by atoms with Gasteiger partial charge in [0.25, 0.3) is 0 Å². The molecule has 0 radical (unpaired) electrons. The molecular formula is C16H24O3. The largest absolute Gasteiger partial charge is 0.496 e. The maximum Gasteiger partial charge on any atom is 0.171 e. The van der Waals surface area contributed by atoms with Crippen molar-refractivity contribution in [1.29, 1.82) is 0 Å². The van der Waals surface area contributed by atoms with Crippen molar-refractivity contribution in [3.05, 3.63) is 29.3 Å². The topological polar surface area (TPSA) is 46.5 Å². The number of benzene rings is 1. The van der Waals surface area contributed by atoms with Crippen molar-refractivity contribution in [2.45, 2.75) is 46.6 Å². The monoisotopic (exact) mass is 264 g/mol. The third-order valence-corrected chi connectivity index (χ3v) is 3.21. The van der Waals surface area contributed by atoms with Crippen LogP contribution in [0.4, 0.5) is 0 Å². The Bertz CT molecular complexity index is 456. The maximum absolute atomic E-state index is 12.1. The number of rotatable bonds is 4. The molecule has 106 valence electrons. The summed E-state index contributed by atoms with van der Waals surface area (Å²) < 4.78 is 5.31. The van der Waals surface area contributed by atoms with Crippen molar-refractivity contribution < 1.29 is 14.6 Å². The van der Waals surface area contributed by atoms with Gasteiger partial charge in [0, 0.05) is 11.0 Å². The molecule has 0 aromatic heterocycles. The minimum absolute atomic E-state index is 0.205. The molecule has 19 heavy (non-hydrogen) atoms. The zero-order chi connectivity index (χ0) is 14.8. The molecule has 3 nitrogen and oxygen atoms in total. The van der Waals surface area contributed by atoms with E-state index in [1.165, 1.54) is 0 Å². The summed E-state index contributed by atoms with van der Waals surface area (Å²) in [4.78, 5) is 12.1. The molecule has 0 spiro atoms. The third kappa shape index (κ3) is 3.57. The molecule has 0 aliphatic carbocycles. The van der Waals surface area contributed by atoms with E-state index in [4.69, 9.17) is 4.74 Å². The average Bonchev–Trinajstić information content (AvgIpc) is 2.34. The lowest BCUT2D eigenvalue weighted by atomic mass is 9.84. The zero-order valence-corrected chi connectivity index (χ0v) is 12.7. The van der Waals surface area contributed by atoms with Crippen LogP contribution in [0.25, 0.3) is 0 Å². The first-order valence-electron chi connectivity index (χ1n) is 6.58. The average molecular weight is 264 g/mol. The second-order valence-corrected chi connectivity index (χ2v) is 6.17. The highest BCUT2D eigenvalue weighted by Crippen LogP contribution is 2.33. The van der Waals surface area contributed by atoms with Gasteiger partial charge < -0.3 is 9.84 Å². The van der Waals surface area contributed by atoms with Crippen molar-refractivity contribution >= 4 is 5.78 Å².